The first-order chi connectivity index (χ1) is 10.6. The number of nitrogens with one attached hydrogen (secondary N) is 1. The van der Waals surface area contributed by atoms with Crippen LogP contribution in [0.2, 0.25) is 6.04 Å². The zero-order chi connectivity index (χ0) is 16.7. The van der Waals surface area contributed by atoms with E-state index < -0.39 is 8.80 Å². The molecule has 0 saturated heterocycles. The van der Waals surface area contributed by atoms with E-state index in [2.05, 4.69) is 5.32 Å². The molecule has 132 valence electrons. The second kappa shape index (κ2) is 14.1. The van der Waals surface area contributed by atoms with Crippen LogP contribution in [0.15, 0.2) is 0 Å². The van der Waals surface area contributed by atoms with E-state index in [0.29, 0.717) is 39.4 Å². The van der Waals surface area contributed by atoms with Gasteiger partial charge in [0.1, 0.15) is 0 Å². The Labute approximate surface area is 136 Å². The molecule has 22 heavy (non-hydrogen) atoms. The molecule has 0 rings (SSSR count). The largest absolute Gasteiger partial charge is 0.500 e. The molecular formula is C15H33NO5Si. The first kappa shape index (κ1) is 21.5. The zero-order valence-electron chi connectivity index (χ0n) is 14.6. The Morgan fingerprint density at radius 1 is 0.864 bits per heavy atom. The van der Waals surface area contributed by atoms with Crippen LogP contribution in [0.25, 0.3) is 0 Å². The highest BCUT2D eigenvalue weighted by molar-refractivity contribution is 6.60. The van der Waals surface area contributed by atoms with Gasteiger partial charge in [-0.25, -0.2) is 0 Å². The Morgan fingerprint density at radius 3 is 1.95 bits per heavy atom. The highest BCUT2D eigenvalue weighted by Gasteiger charge is 2.39. The summed E-state index contributed by atoms with van der Waals surface area (Å²) in [4.78, 5) is 11.2. The third-order valence-corrected chi connectivity index (χ3v) is 6.14. The first-order valence-corrected chi connectivity index (χ1v) is 10.3. The van der Waals surface area contributed by atoms with Crippen molar-refractivity contribution < 1.29 is 22.8 Å². The zero-order valence-corrected chi connectivity index (χ0v) is 15.6. The predicted octanol–water partition coefficient (Wildman–Crippen LogP) is 2.36. The summed E-state index contributed by atoms with van der Waals surface area (Å²) >= 11 is 0. The fraction of sp³-hybridized carbons (Fsp3) is 0.933. The van der Waals surface area contributed by atoms with Crippen molar-refractivity contribution in [3.63, 3.8) is 0 Å². The number of carbonyl (C=O) groups excluding carboxylic acids is 1. The van der Waals surface area contributed by atoms with Gasteiger partial charge in [-0.15, -0.1) is 0 Å². The van der Waals surface area contributed by atoms with Gasteiger partial charge in [0.05, 0.1) is 13.0 Å². The van der Waals surface area contributed by atoms with Crippen molar-refractivity contribution in [1.29, 1.82) is 0 Å². The molecule has 6 nitrogen and oxygen atoms in total. The number of hydrogen-bond acceptors (Lipinski definition) is 6. The smallest absolute Gasteiger partial charge is 0.466 e. The lowest BCUT2D eigenvalue weighted by Crippen LogP contribution is -2.46. The van der Waals surface area contributed by atoms with Crippen molar-refractivity contribution in [2.45, 2.75) is 53.0 Å². The lowest BCUT2D eigenvalue weighted by molar-refractivity contribution is -0.142. The first-order valence-electron chi connectivity index (χ1n) is 8.42. The lowest BCUT2D eigenvalue weighted by Gasteiger charge is -2.28. The summed E-state index contributed by atoms with van der Waals surface area (Å²) in [6, 6.07) is 0.835. The monoisotopic (exact) mass is 335 g/mol. The van der Waals surface area contributed by atoms with Gasteiger partial charge in [0.25, 0.3) is 0 Å². The van der Waals surface area contributed by atoms with Crippen LogP contribution < -0.4 is 5.32 Å². The van der Waals surface area contributed by atoms with E-state index >= 15 is 0 Å². The van der Waals surface area contributed by atoms with Crippen LogP contribution in [0.1, 0.15) is 47.0 Å². The lowest BCUT2D eigenvalue weighted by atomic mass is 10.3. The van der Waals surface area contributed by atoms with E-state index in [9.17, 15) is 4.79 Å². The van der Waals surface area contributed by atoms with Gasteiger partial charge in [0.2, 0.25) is 0 Å². The Balaban J connectivity index is 3.85. The summed E-state index contributed by atoms with van der Waals surface area (Å²) in [5.41, 5.74) is 0. The van der Waals surface area contributed by atoms with Gasteiger partial charge >= 0.3 is 14.8 Å². The van der Waals surface area contributed by atoms with E-state index in [1.807, 2.05) is 27.7 Å². The minimum absolute atomic E-state index is 0.148. The van der Waals surface area contributed by atoms with Gasteiger partial charge < -0.3 is 23.3 Å². The van der Waals surface area contributed by atoms with Crippen LogP contribution in [-0.4, -0.2) is 54.3 Å². The molecule has 0 heterocycles. The third-order valence-electron chi connectivity index (χ3n) is 2.99. The molecule has 0 unspecified atom stereocenters. The van der Waals surface area contributed by atoms with Gasteiger partial charge in [-0.2, -0.15) is 0 Å². The van der Waals surface area contributed by atoms with Crippen LogP contribution in [-0.2, 0) is 22.8 Å². The standard InChI is InChI=1S/C15H33NO5Si/c1-5-18-15(17)11-13-16-12-9-10-14-22(19-6-2,20-7-3)21-8-4/h16H,5-14H2,1-4H3. The quantitative estimate of drug-likeness (QED) is 0.281. The molecule has 1 N–H and O–H groups in total. The number of hydrogen-bond donors (Lipinski definition) is 1. The van der Waals surface area contributed by atoms with E-state index in [1.165, 1.54) is 0 Å². The van der Waals surface area contributed by atoms with Crippen molar-refractivity contribution >= 4 is 14.8 Å². The Hall–Kier alpha value is -0.473. The summed E-state index contributed by atoms with van der Waals surface area (Å²) in [6.45, 7) is 11.5. The van der Waals surface area contributed by atoms with Gasteiger partial charge in [-0.1, -0.05) is 0 Å². The van der Waals surface area contributed by atoms with Gasteiger partial charge in [-0.3, -0.25) is 4.79 Å². The highest BCUT2D eigenvalue weighted by atomic mass is 28.4. The predicted molar refractivity (Wildman–Crippen MR) is 88.8 cm³/mol. The molecule has 0 aromatic rings. The van der Waals surface area contributed by atoms with Gasteiger partial charge in [0, 0.05) is 32.4 Å². The summed E-state index contributed by atoms with van der Waals surface area (Å²) < 4.78 is 22.3. The number of unbranched alkanes of at least 4 members (excludes halogenated alkanes) is 1. The highest BCUT2D eigenvalue weighted by Crippen LogP contribution is 2.19. The van der Waals surface area contributed by atoms with Crippen LogP contribution in [0.4, 0.5) is 0 Å². The third kappa shape index (κ3) is 10.3. The van der Waals surface area contributed by atoms with E-state index in [0.717, 1.165) is 25.4 Å². The average molecular weight is 336 g/mol. The SMILES string of the molecule is CCOC(=O)CCNCCCC[Si](OCC)(OCC)OCC. The van der Waals surface area contributed by atoms with Crippen molar-refractivity contribution in [2.24, 2.45) is 0 Å². The van der Waals surface area contributed by atoms with Gasteiger partial charge in [-0.05, 0) is 47.1 Å². The molecule has 7 heteroatoms. The van der Waals surface area contributed by atoms with E-state index in [1.54, 1.807) is 0 Å². The van der Waals surface area contributed by atoms with Crippen LogP contribution >= 0.6 is 0 Å². The Kier molecular flexibility index (Phi) is 13.8. The molecule has 0 atom stereocenters. The fourth-order valence-corrected chi connectivity index (χ4v) is 4.83. The normalized spacial score (nSPS) is 11.6. The van der Waals surface area contributed by atoms with Crippen molar-refractivity contribution in [1.82, 2.24) is 5.32 Å². The summed E-state index contributed by atoms with van der Waals surface area (Å²) in [6.07, 6.45) is 2.41. The second-order valence-corrected chi connectivity index (χ2v) is 7.48. The minimum Gasteiger partial charge on any atom is -0.466 e. The topological polar surface area (TPSA) is 66.0 Å². The van der Waals surface area contributed by atoms with Crippen LogP contribution in [0.3, 0.4) is 0 Å². The number of rotatable bonds is 15. The molecule has 0 saturated carbocycles. The number of esters is 1. The second-order valence-electron chi connectivity index (χ2n) is 4.74. The van der Waals surface area contributed by atoms with Crippen LogP contribution in [0, 0.1) is 0 Å². The molecular weight excluding hydrogens is 302 g/mol. The molecule has 0 aliphatic carbocycles. The van der Waals surface area contributed by atoms with Gasteiger partial charge in [0.15, 0.2) is 0 Å². The molecule has 0 radical (unpaired) electrons. The van der Waals surface area contributed by atoms with E-state index in [-0.39, 0.29) is 5.97 Å². The molecule has 0 amide bonds. The minimum atomic E-state index is -2.49. The number of ether oxygens (including phenoxy) is 1. The number of carbonyl (C=O) groups is 1. The maximum Gasteiger partial charge on any atom is 0.500 e. The maximum atomic E-state index is 11.2. The maximum absolute atomic E-state index is 11.2. The Morgan fingerprint density at radius 2 is 1.45 bits per heavy atom. The molecule has 0 aromatic carbocycles. The van der Waals surface area contributed by atoms with Crippen molar-refractivity contribution in [3.8, 4) is 0 Å². The molecule has 0 aliphatic heterocycles. The molecule has 0 fully saturated rings. The van der Waals surface area contributed by atoms with E-state index in [4.69, 9.17) is 18.0 Å². The fourth-order valence-electron chi connectivity index (χ4n) is 2.14. The molecule has 0 aliphatic rings. The molecule has 0 bridgehead atoms. The average Bonchev–Trinajstić information content (AvgIpc) is 2.47. The van der Waals surface area contributed by atoms with Crippen LogP contribution in [0.5, 0.6) is 0 Å². The summed E-state index contributed by atoms with van der Waals surface area (Å²) in [5.74, 6) is -0.148. The summed E-state index contributed by atoms with van der Waals surface area (Å²) in [7, 11) is -2.49. The summed E-state index contributed by atoms with van der Waals surface area (Å²) in [5, 5.41) is 3.25. The Bertz CT molecular complexity index is 262. The van der Waals surface area contributed by atoms with Crippen molar-refractivity contribution in [2.75, 3.05) is 39.5 Å². The van der Waals surface area contributed by atoms with Crippen molar-refractivity contribution in [3.05, 3.63) is 0 Å². The molecule has 0 spiro atoms. The molecule has 0 aromatic heterocycles.